The second kappa shape index (κ2) is 9.58. The van der Waals surface area contributed by atoms with E-state index in [0.717, 1.165) is 11.6 Å². The number of carbonyl (C=O) groups is 2. The Morgan fingerprint density at radius 3 is 2.32 bits per heavy atom. The Morgan fingerprint density at radius 2 is 1.68 bits per heavy atom. The highest BCUT2D eigenvalue weighted by molar-refractivity contribution is 5.81. The number of halogens is 4. The number of alkyl halides is 4. The minimum absolute atomic E-state index is 0.0224. The van der Waals surface area contributed by atoms with Crippen LogP contribution in [0.2, 0.25) is 0 Å². The maximum Gasteiger partial charge on any atom is 0.426 e. The van der Waals surface area contributed by atoms with Crippen LogP contribution in [0.3, 0.4) is 0 Å². The molecule has 0 spiro atoms. The van der Waals surface area contributed by atoms with E-state index in [0.29, 0.717) is 57.6 Å². The molecule has 1 saturated heterocycles. The molecule has 3 unspecified atom stereocenters. The molecule has 38 heavy (non-hydrogen) atoms. The lowest BCUT2D eigenvalue weighted by molar-refractivity contribution is -0.228. The summed E-state index contributed by atoms with van der Waals surface area (Å²) in [4.78, 5) is 26.9. The van der Waals surface area contributed by atoms with Crippen LogP contribution in [0.15, 0.2) is 48.5 Å². The van der Waals surface area contributed by atoms with Gasteiger partial charge in [0, 0.05) is 29.0 Å². The maximum atomic E-state index is 14.8. The first-order chi connectivity index (χ1) is 17.9. The first-order valence-corrected chi connectivity index (χ1v) is 13.0. The van der Waals surface area contributed by atoms with E-state index in [-0.39, 0.29) is 30.2 Å². The first-order valence-electron chi connectivity index (χ1n) is 13.0. The lowest BCUT2D eigenvalue weighted by Crippen LogP contribution is -2.53. The topological polar surface area (TPSA) is 66.8 Å². The number of carbonyl (C=O) groups excluding carboxylic acids is 1. The van der Waals surface area contributed by atoms with Gasteiger partial charge in [0.2, 0.25) is 11.6 Å². The molecule has 204 valence electrons. The van der Waals surface area contributed by atoms with E-state index >= 15 is 0 Å². The summed E-state index contributed by atoms with van der Waals surface area (Å²) in [6, 6.07) is 13.2. The quantitative estimate of drug-likeness (QED) is 0.494. The lowest BCUT2D eigenvalue weighted by atomic mass is 9.68. The van der Waals surface area contributed by atoms with Crippen molar-refractivity contribution >= 4 is 11.9 Å². The van der Waals surface area contributed by atoms with Crippen molar-refractivity contribution in [2.75, 3.05) is 13.2 Å². The molecule has 1 aliphatic carbocycles. The predicted molar refractivity (Wildman–Crippen MR) is 131 cm³/mol. The van der Waals surface area contributed by atoms with Crippen LogP contribution >= 0.6 is 0 Å². The van der Waals surface area contributed by atoms with E-state index in [1.807, 2.05) is 35.2 Å². The van der Waals surface area contributed by atoms with Crippen LogP contribution in [0.5, 0.6) is 5.75 Å². The number of hydrogen-bond donors (Lipinski definition) is 1. The van der Waals surface area contributed by atoms with Crippen molar-refractivity contribution in [2.24, 2.45) is 11.8 Å². The van der Waals surface area contributed by atoms with Crippen LogP contribution in [0, 0.1) is 11.8 Å². The minimum Gasteiger partial charge on any atom is -0.491 e. The van der Waals surface area contributed by atoms with Crippen molar-refractivity contribution in [1.29, 1.82) is 0 Å². The fourth-order valence-electron chi connectivity index (χ4n) is 6.53. The van der Waals surface area contributed by atoms with E-state index in [4.69, 9.17) is 4.74 Å². The van der Waals surface area contributed by atoms with Crippen LogP contribution < -0.4 is 4.74 Å². The van der Waals surface area contributed by atoms with Gasteiger partial charge in [-0.1, -0.05) is 42.5 Å². The molecule has 2 aromatic rings. The van der Waals surface area contributed by atoms with Crippen LogP contribution in [0.1, 0.15) is 55.7 Å². The molecule has 1 amide bonds. The standard InChI is InChI=1S/C29H31F4NO4/c1-27(30,29(31,32)33)21-11-12-22-23(15-21)38-17-24-28(22,16-18-5-3-2-4-6-18)13-14-34(24)25(35)19-7-9-20(10-8-19)26(36)37/h2-6,11-12,15,19-20,24H,7-10,13-14,16-17H2,1H3,(H,36,37)/t19-,20-,24?,27?,28?. The number of nitrogens with zero attached hydrogens (tertiary/aromatic N) is 1. The summed E-state index contributed by atoms with van der Waals surface area (Å²) >= 11 is 0. The SMILES string of the molecule is CC(F)(c1ccc2c(c1)OCC1N(C(=O)[C@H]3CC[C@H](C(=O)O)CC3)CCC21Cc1ccccc1)C(F)(F)F. The number of rotatable bonds is 5. The van der Waals surface area contributed by atoms with Crippen molar-refractivity contribution in [3.63, 3.8) is 0 Å². The van der Waals surface area contributed by atoms with Crippen LogP contribution in [-0.4, -0.2) is 47.3 Å². The fourth-order valence-corrected chi connectivity index (χ4v) is 6.53. The van der Waals surface area contributed by atoms with E-state index < -0.39 is 34.7 Å². The molecule has 0 aromatic heterocycles. The molecule has 2 aromatic carbocycles. The van der Waals surface area contributed by atoms with Gasteiger partial charge in [0.15, 0.2) is 0 Å². The zero-order valence-corrected chi connectivity index (χ0v) is 21.1. The summed E-state index contributed by atoms with van der Waals surface area (Å²) in [5.41, 5.74) is -2.94. The molecule has 5 rings (SSSR count). The summed E-state index contributed by atoms with van der Waals surface area (Å²) in [6.45, 7) is 1.06. The molecule has 1 saturated carbocycles. The average molecular weight is 534 g/mol. The summed E-state index contributed by atoms with van der Waals surface area (Å²) < 4.78 is 61.0. The van der Waals surface area contributed by atoms with Gasteiger partial charge < -0.3 is 14.7 Å². The van der Waals surface area contributed by atoms with E-state index in [2.05, 4.69) is 0 Å². The molecule has 5 nitrogen and oxygen atoms in total. The summed E-state index contributed by atoms with van der Waals surface area (Å²) in [6.07, 6.45) is -1.99. The molecular formula is C29H31F4NO4. The van der Waals surface area contributed by atoms with E-state index in [1.165, 1.54) is 12.1 Å². The number of benzene rings is 2. The van der Waals surface area contributed by atoms with Crippen LogP contribution in [-0.2, 0) is 27.1 Å². The Labute approximate surface area is 218 Å². The highest BCUT2D eigenvalue weighted by Crippen LogP contribution is 2.52. The number of aliphatic carboxylic acids is 1. The Hall–Kier alpha value is -3.10. The molecule has 1 N–H and O–H groups in total. The van der Waals surface area contributed by atoms with Crippen molar-refractivity contribution in [3.8, 4) is 5.75 Å². The number of amides is 1. The monoisotopic (exact) mass is 533 g/mol. The van der Waals surface area contributed by atoms with Gasteiger partial charge in [0.1, 0.15) is 12.4 Å². The fraction of sp³-hybridized carbons (Fsp3) is 0.517. The van der Waals surface area contributed by atoms with Gasteiger partial charge in [0.25, 0.3) is 0 Å². The number of fused-ring (bicyclic) bond motifs is 3. The van der Waals surface area contributed by atoms with Crippen molar-refractivity contribution < 1.29 is 37.0 Å². The minimum atomic E-state index is -5.07. The average Bonchev–Trinajstić information content (AvgIpc) is 3.27. The molecule has 9 heteroatoms. The Bertz CT molecular complexity index is 1210. The molecule has 3 atom stereocenters. The smallest absolute Gasteiger partial charge is 0.426 e. The summed E-state index contributed by atoms with van der Waals surface area (Å²) in [5.74, 6) is -1.32. The Balaban J connectivity index is 1.49. The number of ether oxygens (including phenoxy) is 1. The summed E-state index contributed by atoms with van der Waals surface area (Å²) in [5, 5.41) is 9.31. The van der Waals surface area contributed by atoms with Gasteiger partial charge in [-0.05, 0) is 57.1 Å². The zero-order valence-electron chi connectivity index (χ0n) is 21.1. The van der Waals surface area contributed by atoms with Crippen molar-refractivity contribution in [2.45, 2.75) is 68.8 Å². The summed E-state index contributed by atoms with van der Waals surface area (Å²) in [7, 11) is 0. The van der Waals surface area contributed by atoms with Crippen molar-refractivity contribution in [3.05, 3.63) is 65.2 Å². The largest absolute Gasteiger partial charge is 0.491 e. The normalized spacial score (nSPS) is 28.6. The van der Waals surface area contributed by atoms with E-state index in [1.54, 1.807) is 0 Å². The van der Waals surface area contributed by atoms with Gasteiger partial charge in [-0.2, -0.15) is 13.2 Å². The molecule has 0 radical (unpaired) electrons. The van der Waals surface area contributed by atoms with Crippen LogP contribution in [0.4, 0.5) is 17.6 Å². The number of hydrogen-bond acceptors (Lipinski definition) is 3. The molecular weight excluding hydrogens is 502 g/mol. The highest BCUT2D eigenvalue weighted by atomic mass is 19.4. The lowest BCUT2D eigenvalue weighted by Gasteiger charge is -2.44. The zero-order chi connectivity index (χ0) is 27.3. The van der Waals surface area contributed by atoms with Gasteiger partial charge in [0.05, 0.1) is 12.0 Å². The van der Waals surface area contributed by atoms with Gasteiger partial charge >= 0.3 is 12.1 Å². The molecule has 2 fully saturated rings. The Kier molecular flexibility index (Phi) is 6.68. The van der Waals surface area contributed by atoms with Crippen molar-refractivity contribution in [1.82, 2.24) is 4.90 Å². The maximum absolute atomic E-state index is 14.8. The first kappa shape index (κ1) is 26.5. The third-order valence-corrected chi connectivity index (χ3v) is 8.87. The third kappa shape index (κ3) is 4.43. The number of carboxylic acid groups (broad SMARTS) is 1. The molecule has 3 aliphatic rings. The molecule has 2 heterocycles. The van der Waals surface area contributed by atoms with E-state index in [9.17, 15) is 32.3 Å². The third-order valence-electron chi connectivity index (χ3n) is 8.87. The highest BCUT2D eigenvalue weighted by Gasteiger charge is 2.57. The number of carboxylic acids is 1. The molecule has 2 aliphatic heterocycles. The Morgan fingerprint density at radius 1 is 1.03 bits per heavy atom. The van der Waals surface area contributed by atoms with Crippen LogP contribution in [0.25, 0.3) is 0 Å². The van der Waals surface area contributed by atoms with Gasteiger partial charge in [-0.3, -0.25) is 9.59 Å². The number of likely N-dealkylation sites (tertiary alicyclic amines) is 1. The molecule has 0 bridgehead atoms. The second-order valence-electron chi connectivity index (χ2n) is 11.0. The van der Waals surface area contributed by atoms with Gasteiger partial charge in [-0.25, -0.2) is 4.39 Å². The predicted octanol–water partition coefficient (Wildman–Crippen LogP) is 5.80. The second-order valence-corrected chi connectivity index (χ2v) is 11.0. The van der Waals surface area contributed by atoms with Gasteiger partial charge in [-0.15, -0.1) is 0 Å².